The number of unbranched alkanes of at least 4 members (excludes halogenated alkanes) is 51. The Kier molecular flexibility index (Phi) is 72.2. The normalized spacial score (nSPS) is 13.9. The lowest BCUT2D eigenvalue weighted by Crippen LogP contribution is -2.30. The zero-order valence-electron chi connectivity index (χ0n) is 66.2. The van der Waals surface area contributed by atoms with Gasteiger partial charge < -0.3 is 33.8 Å². The molecule has 0 spiro atoms. The first kappa shape index (κ1) is 99.1. The van der Waals surface area contributed by atoms with Gasteiger partial charge in [0.05, 0.1) is 26.4 Å². The summed E-state index contributed by atoms with van der Waals surface area (Å²) < 4.78 is 68.7. The van der Waals surface area contributed by atoms with Crippen molar-refractivity contribution in [2.24, 2.45) is 11.8 Å². The molecule has 0 aromatic carbocycles. The largest absolute Gasteiger partial charge is 0.472 e. The second kappa shape index (κ2) is 73.6. The fourth-order valence-electron chi connectivity index (χ4n) is 12.7. The highest BCUT2D eigenvalue weighted by atomic mass is 31.2. The fraction of sp³-hybridized carbons (Fsp3) is 0.951. The fourth-order valence-corrected chi connectivity index (χ4v) is 14.3. The number of rotatable bonds is 81. The van der Waals surface area contributed by atoms with Gasteiger partial charge in [-0.25, -0.2) is 9.13 Å². The van der Waals surface area contributed by atoms with E-state index in [1.54, 1.807) is 0 Å². The van der Waals surface area contributed by atoms with Crippen LogP contribution in [0.25, 0.3) is 0 Å². The Morgan fingerprint density at radius 3 is 0.673 bits per heavy atom. The van der Waals surface area contributed by atoms with Crippen LogP contribution in [0, 0.1) is 11.8 Å². The van der Waals surface area contributed by atoms with Crippen LogP contribution in [0.4, 0.5) is 0 Å². The number of aliphatic hydroxyl groups excluding tert-OH is 1. The molecule has 0 saturated carbocycles. The Hall–Kier alpha value is -1.94. The van der Waals surface area contributed by atoms with Crippen LogP contribution in [-0.4, -0.2) is 96.7 Å². The van der Waals surface area contributed by atoms with E-state index in [0.717, 1.165) is 102 Å². The third kappa shape index (κ3) is 76.1. The highest BCUT2D eigenvalue weighted by Crippen LogP contribution is 2.45. The molecule has 0 bridgehead atoms. The van der Waals surface area contributed by atoms with Crippen LogP contribution in [0.5, 0.6) is 0 Å². The molecule has 19 heteroatoms. The summed E-state index contributed by atoms with van der Waals surface area (Å²) in [4.78, 5) is 73.0. The van der Waals surface area contributed by atoms with Crippen molar-refractivity contribution in [3.8, 4) is 0 Å². The Balaban J connectivity index is 5.20. The molecular weight excluding hydrogens is 1320 g/mol. The highest BCUT2D eigenvalue weighted by Gasteiger charge is 2.30. The molecule has 0 radical (unpaired) electrons. The van der Waals surface area contributed by atoms with Crippen molar-refractivity contribution in [1.82, 2.24) is 0 Å². The quantitative estimate of drug-likeness (QED) is 0.0222. The number of phosphoric acid groups is 2. The molecule has 5 atom stereocenters. The summed E-state index contributed by atoms with van der Waals surface area (Å²) in [5.41, 5.74) is 0. The topological polar surface area (TPSA) is 237 Å². The van der Waals surface area contributed by atoms with Gasteiger partial charge in [0.15, 0.2) is 12.2 Å². The van der Waals surface area contributed by atoms with Crippen LogP contribution in [0.3, 0.4) is 0 Å². The third-order valence-electron chi connectivity index (χ3n) is 19.2. The number of esters is 4. The van der Waals surface area contributed by atoms with Crippen LogP contribution in [0.1, 0.15) is 433 Å². The number of hydrogen-bond acceptors (Lipinski definition) is 15. The van der Waals surface area contributed by atoms with Crippen molar-refractivity contribution >= 4 is 39.5 Å². The first-order valence-corrected chi connectivity index (χ1v) is 45.5. The first-order valence-electron chi connectivity index (χ1n) is 42.5. The van der Waals surface area contributed by atoms with Gasteiger partial charge >= 0.3 is 39.5 Å². The zero-order chi connectivity index (χ0) is 74.2. The number of ether oxygens (including phenoxy) is 4. The first-order chi connectivity index (χ1) is 48.9. The summed E-state index contributed by atoms with van der Waals surface area (Å²) in [5.74, 6) is -0.609. The Bertz CT molecular complexity index is 1940. The van der Waals surface area contributed by atoms with Crippen LogP contribution in [0.15, 0.2) is 0 Å². The van der Waals surface area contributed by atoms with E-state index in [1.807, 2.05) is 0 Å². The van der Waals surface area contributed by atoms with Gasteiger partial charge in [0.25, 0.3) is 0 Å². The van der Waals surface area contributed by atoms with Gasteiger partial charge in [-0.15, -0.1) is 0 Å². The van der Waals surface area contributed by atoms with E-state index in [9.17, 15) is 43.2 Å². The van der Waals surface area contributed by atoms with Crippen LogP contribution >= 0.6 is 15.6 Å². The average Bonchev–Trinajstić information content (AvgIpc) is 0.961. The minimum Gasteiger partial charge on any atom is -0.462 e. The molecule has 0 saturated heterocycles. The zero-order valence-corrected chi connectivity index (χ0v) is 68.0. The van der Waals surface area contributed by atoms with E-state index in [0.29, 0.717) is 31.6 Å². The number of carbonyl (C=O) groups is 4. The third-order valence-corrected chi connectivity index (χ3v) is 21.1. The smallest absolute Gasteiger partial charge is 0.462 e. The molecule has 0 aliphatic heterocycles. The van der Waals surface area contributed by atoms with Gasteiger partial charge in [-0.1, -0.05) is 382 Å². The molecule has 0 aliphatic carbocycles. The average molecular weight is 1480 g/mol. The lowest BCUT2D eigenvalue weighted by atomic mass is 10.0. The molecule has 101 heavy (non-hydrogen) atoms. The predicted octanol–water partition coefficient (Wildman–Crippen LogP) is 24.7. The lowest BCUT2D eigenvalue weighted by Gasteiger charge is -2.21. The number of phosphoric ester groups is 2. The number of carbonyl (C=O) groups excluding carboxylic acids is 4. The van der Waals surface area contributed by atoms with E-state index in [4.69, 9.17) is 37.0 Å². The number of hydrogen-bond donors (Lipinski definition) is 3. The molecule has 3 N–H and O–H groups in total. The summed E-state index contributed by atoms with van der Waals surface area (Å²) in [7, 11) is -9.92. The van der Waals surface area contributed by atoms with Gasteiger partial charge in [-0.2, -0.15) is 0 Å². The summed E-state index contributed by atoms with van der Waals surface area (Å²) in [6.07, 6.45) is 64.1. The Labute approximate surface area is 619 Å². The molecule has 600 valence electrons. The monoisotopic (exact) mass is 1480 g/mol. The summed E-state index contributed by atoms with van der Waals surface area (Å²) in [5, 5.41) is 10.6. The maximum atomic E-state index is 13.1. The molecule has 0 amide bonds. The molecule has 0 aliphatic rings. The maximum Gasteiger partial charge on any atom is 0.472 e. The lowest BCUT2D eigenvalue weighted by molar-refractivity contribution is -0.161. The molecule has 0 aromatic heterocycles. The van der Waals surface area contributed by atoms with Crippen LogP contribution < -0.4 is 0 Å². The maximum absolute atomic E-state index is 13.1. The molecule has 17 nitrogen and oxygen atoms in total. The highest BCUT2D eigenvalue weighted by molar-refractivity contribution is 7.47. The van der Waals surface area contributed by atoms with Gasteiger partial charge in [0.2, 0.25) is 0 Å². The Morgan fingerprint density at radius 1 is 0.267 bits per heavy atom. The number of aliphatic hydroxyl groups is 1. The van der Waals surface area contributed by atoms with Crippen molar-refractivity contribution in [3.63, 3.8) is 0 Å². The van der Waals surface area contributed by atoms with Crippen LogP contribution in [-0.2, 0) is 65.4 Å². The van der Waals surface area contributed by atoms with Gasteiger partial charge in [0.1, 0.15) is 19.3 Å². The van der Waals surface area contributed by atoms with Crippen molar-refractivity contribution < 1.29 is 80.2 Å². The molecule has 0 heterocycles. The molecule has 0 aromatic rings. The van der Waals surface area contributed by atoms with E-state index in [1.165, 1.54) is 244 Å². The van der Waals surface area contributed by atoms with E-state index < -0.39 is 97.5 Å². The molecule has 0 rings (SSSR count). The molecular formula is C82H160O17P2. The van der Waals surface area contributed by atoms with Gasteiger partial charge in [-0.3, -0.25) is 37.3 Å². The predicted molar refractivity (Wildman–Crippen MR) is 414 cm³/mol. The minimum absolute atomic E-state index is 0.107. The molecule has 0 fully saturated rings. The van der Waals surface area contributed by atoms with Gasteiger partial charge in [-0.05, 0) is 37.5 Å². The minimum atomic E-state index is -4.96. The standard InChI is InChI=1S/C82H160O17P2/c1-7-9-11-13-15-17-19-21-22-23-27-30-34-37-41-45-52-58-64-79(84)92-70-77(98-81(86)67-61-55-47-43-39-35-31-28-25-24-26-29-33-36-40-44-50-56-62-74(3)4)72-96-100(88,89)94-68-76(83)69-95-101(90,91)97-73-78(71-93-80(85)65-59-53-49-48-51-57-63-75(5)6)99-82(87)66-60-54-46-42-38-32-20-18-16-14-12-10-8-2/h74-78,83H,7-73H2,1-6H3,(H,88,89)(H,90,91)/t76-,77-,78-/m1/s1. The second-order valence-corrected chi connectivity index (χ2v) is 33.4. The van der Waals surface area contributed by atoms with Crippen LogP contribution in [0.2, 0.25) is 0 Å². The van der Waals surface area contributed by atoms with Crippen molar-refractivity contribution in [2.45, 2.75) is 452 Å². The van der Waals surface area contributed by atoms with E-state index >= 15 is 0 Å². The van der Waals surface area contributed by atoms with Crippen molar-refractivity contribution in [2.75, 3.05) is 39.6 Å². The summed E-state index contributed by atoms with van der Waals surface area (Å²) in [6.45, 7) is 9.59. The van der Waals surface area contributed by atoms with E-state index in [2.05, 4.69) is 41.5 Å². The van der Waals surface area contributed by atoms with E-state index in [-0.39, 0.29) is 25.7 Å². The summed E-state index contributed by atoms with van der Waals surface area (Å²) >= 11 is 0. The second-order valence-electron chi connectivity index (χ2n) is 30.5. The Morgan fingerprint density at radius 2 is 0.455 bits per heavy atom. The van der Waals surface area contributed by atoms with Crippen molar-refractivity contribution in [3.05, 3.63) is 0 Å². The molecule has 2 unspecified atom stereocenters. The van der Waals surface area contributed by atoms with Crippen molar-refractivity contribution in [1.29, 1.82) is 0 Å². The van der Waals surface area contributed by atoms with Gasteiger partial charge in [0, 0.05) is 25.7 Å². The SMILES string of the molecule is CCCCCCCCCCCCCCCCCCCCC(=O)OC[C@H](COP(=O)(O)OC[C@@H](O)COP(=O)(O)OC[C@@H](COC(=O)CCCCCCCCC(C)C)OC(=O)CCCCCCCCCCCCCCC)OC(=O)CCCCCCCCCCCCCCCCCCCCC(C)C. The summed E-state index contributed by atoms with van der Waals surface area (Å²) in [6, 6.07) is 0.